The van der Waals surface area contributed by atoms with Crippen molar-refractivity contribution in [1.82, 2.24) is 14.8 Å². The zero-order valence-corrected chi connectivity index (χ0v) is 14.5. The van der Waals surface area contributed by atoms with Crippen molar-refractivity contribution in [3.05, 3.63) is 35.5 Å². The van der Waals surface area contributed by atoms with Crippen LogP contribution in [0.4, 0.5) is 0 Å². The lowest BCUT2D eigenvalue weighted by molar-refractivity contribution is -0.168. The Labute approximate surface area is 147 Å². The fraction of sp³-hybridized carbons (Fsp3) is 0.500. The monoisotopic (exact) mass is 337 g/mol. The fourth-order valence-electron chi connectivity index (χ4n) is 5.15. The Hall–Kier alpha value is -2.30. The first-order chi connectivity index (χ1) is 12.1. The average Bonchev–Trinajstić information content (AvgIpc) is 3.26. The van der Waals surface area contributed by atoms with E-state index in [4.69, 9.17) is 0 Å². The van der Waals surface area contributed by atoms with Crippen LogP contribution in [0.15, 0.2) is 24.3 Å². The van der Waals surface area contributed by atoms with Crippen LogP contribution in [0.3, 0.4) is 0 Å². The number of amides is 2. The molecule has 1 aromatic carbocycles. The third-order valence-electron chi connectivity index (χ3n) is 6.48. The molecule has 1 saturated carbocycles. The molecule has 3 heterocycles. The summed E-state index contributed by atoms with van der Waals surface area (Å²) < 4.78 is 0. The van der Waals surface area contributed by atoms with Crippen molar-refractivity contribution in [1.29, 1.82) is 0 Å². The highest BCUT2D eigenvalue weighted by atomic mass is 16.2. The number of para-hydroxylation sites is 1. The van der Waals surface area contributed by atoms with Gasteiger partial charge in [0.1, 0.15) is 6.54 Å². The Morgan fingerprint density at radius 2 is 1.92 bits per heavy atom. The first kappa shape index (κ1) is 15.0. The molecular formula is C20H23N3O2. The second kappa shape index (κ2) is 5.10. The number of carbonyl (C=O) groups is 2. The molecule has 1 N–H and O–H groups in total. The molecule has 2 aliphatic heterocycles. The molecule has 0 bridgehead atoms. The number of aromatic nitrogens is 1. The summed E-state index contributed by atoms with van der Waals surface area (Å²) in [6.07, 6.45) is 5.15. The van der Waals surface area contributed by atoms with Crippen LogP contribution < -0.4 is 0 Å². The average molecular weight is 337 g/mol. The van der Waals surface area contributed by atoms with Gasteiger partial charge in [-0.05, 0) is 37.8 Å². The van der Waals surface area contributed by atoms with E-state index in [9.17, 15) is 9.59 Å². The first-order valence-corrected chi connectivity index (χ1v) is 9.32. The summed E-state index contributed by atoms with van der Waals surface area (Å²) in [7, 11) is 0. The Kier molecular flexibility index (Phi) is 3.06. The Morgan fingerprint density at radius 3 is 2.72 bits per heavy atom. The lowest BCUT2D eigenvalue weighted by atomic mass is 9.82. The molecule has 1 saturated heterocycles. The summed E-state index contributed by atoms with van der Waals surface area (Å²) in [5.41, 5.74) is 2.27. The van der Waals surface area contributed by atoms with E-state index in [1.54, 1.807) is 4.90 Å². The van der Waals surface area contributed by atoms with Crippen molar-refractivity contribution in [3.8, 4) is 0 Å². The maximum atomic E-state index is 13.6. The molecule has 1 unspecified atom stereocenters. The molecular weight excluding hydrogens is 314 g/mol. The predicted molar refractivity (Wildman–Crippen MR) is 95.0 cm³/mol. The summed E-state index contributed by atoms with van der Waals surface area (Å²) >= 11 is 0. The Morgan fingerprint density at radius 1 is 1.16 bits per heavy atom. The van der Waals surface area contributed by atoms with E-state index >= 15 is 0 Å². The number of benzene rings is 1. The number of rotatable bonds is 1. The molecule has 2 aromatic rings. The Balaban J connectivity index is 1.67. The summed E-state index contributed by atoms with van der Waals surface area (Å²) in [6, 6.07) is 8.41. The molecule has 25 heavy (non-hydrogen) atoms. The summed E-state index contributed by atoms with van der Waals surface area (Å²) in [5.74, 6) is 0.171. The van der Waals surface area contributed by atoms with Crippen molar-refractivity contribution in [3.63, 3.8) is 0 Å². The predicted octanol–water partition coefficient (Wildman–Crippen LogP) is 2.55. The lowest BCUT2D eigenvalue weighted by Crippen LogP contribution is -2.68. The van der Waals surface area contributed by atoms with Crippen LogP contribution in [0.25, 0.3) is 10.9 Å². The highest BCUT2D eigenvalue weighted by Crippen LogP contribution is 2.43. The SMILES string of the molecule is CC12C(=O)N(C3CCCC3)CC(=O)N1CCc1c2[nH]c2ccccc12. The standard InChI is InChI=1S/C20H23N3O2/c1-20-18-15(14-8-4-5-9-16(14)21-18)10-11-23(20)17(24)12-22(19(20)25)13-6-2-3-7-13/h4-5,8-9,13,21H,2-3,6-7,10-12H2,1H3. The highest BCUT2D eigenvalue weighted by molar-refractivity contribution is 6.00. The number of carbonyl (C=O) groups excluding carboxylic acids is 2. The molecule has 2 fully saturated rings. The van der Waals surface area contributed by atoms with E-state index < -0.39 is 5.54 Å². The number of hydrogen-bond donors (Lipinski definition) is 1. The number of aromatic amines is 1. The number of hydrogen-bond acceptors (Lipinski definition) is 2. The second-order valence-corrected chi connectivity index (χ2v) is 7.76. The van der Waals surface area contributed by atoms with E-state index in [1.807, 2.05) is 30.0 Å². The summed E-state index contributed by atoms with van der Waals surface area (Å²) in [4.78, 5) is 33.6. The van der Waals surface area contributed by atoms with Gasteiger partial charge in [0.25, 0.3) is 5.91 Å². The number of nitrogens with zero attached hydrogens (tertiary/aromatic N) is 2. The highest BCUT2D eigenvalue weighted by Gasteiger charge is 2.55. The largest absolute Gasteiger partial charge is 0.356 e. The van der Waals surface area contributed by atoms with Crippen LogP contribution >= 0.6 is 0 Å². The van der Waals surface area contributed by atoms with Gasteiger partial charge in [0.2, 0.25) is 5.91 Å². The van der Waals surface area contributed by atoms with Gasteiger partial charge in [0.15, 0.2) is 5.54 Å². The maximum Gasteiger partial charge on any atom is 0.255 e. The molecule has 5 nitrogen and oxygen atoms in total. The second-order valence-electron chi connectivity index (χ2n) is 7.76. The van der Waals surface area contributed by atoms with E-state index in [0.717, 1.165) is 43.3 Å². The van der Waals surface area contributed by atoms with E-state index in [0.29, 0.717) is 6.54 Å². The van der Waals surface area contributed by atoms with Crippen molar-refractivity contribution in [2.45, 2.75) is 50.6 Å². The van der Waals surface area contributed by atoms with E-state index in [2.05, 4.69) is 11.1 Å². The van der Waals surface area contributed by atoms with E-state index in [-0.39, 0.29) is 24.4 Å². The zero-order chi connectivity index (χ0) is 17.2. The first-order valence-electron chi connectivity index (χ1n) is 9.32. The van der Waals surface area contributed by atoms with Gasteiger partial charge in [0, 0.05) is 23.5 Å². The fourth-order valence-corrected chi connectivity index (χ4v) is 5.15. The molecule has 1 aromatic heterocycles. The van der Waals surface area contributed by atoms with Crippen molar-refractivity contribution >= 4 is 22.7 Å². The third-order valence-corrected chi connectivity index (χ3v) is 6.48. The quantitative estimate of drug-likeness (QED) is 0.869. The maximum absolute atomic E-state index is 13.6. The minimum Gasteiger partial charge on any atom is -0.356 e. The van der Waals surface area contributed by atoms with Crippen LogP contribution in [-0.4, -0.2) is 45.7 Å². The molecule has 0 spiro atoms. The van der Waals surface area contributed by atoms with Gasteiger partial charge in [-0.15, -0.1) is 0 Å². The van der Waals surface area contributed by atoms with Gasteiger partial charge in [-0.2, -0.15) is 0 Å². The molecule has 1 aliphatic carbocycles. The van der Waals surface area contributed by atoms with Crippen LogP contribution in [0.2, 0.25) is 0 Å². The van der Waals surface area contributed by atoms with Crippen LogP contribution in [0.1, 0.15) is 43.9 Å². The molecule has 3 aliphatic rings. The minimum absolute atomic E-state index is 0.0818. The van der Waals surface area contributed by atoms with Gasteiger partial charge in [-0.1, -0.05) is 31.0 Å². The molecule has 130 valence electrons. The number of piperazine rings is 1. The van der Waals surface area contributed by atoms with Gasteiger partial charge in [0.05, 0.1) is 5.69 Å². The topological polar surface area (TPSA) is 56.4 Å². The number of fused-ring (bicyclic) bond motifs is 5. The van der Waals surface area contributed by atoms with E-state index in [1.165, 1.54) is 10.9 Å². The van der Waals surface area contributed by atoms with Crippen molar-refractivity contribution in [2.75, 3.05) is 13.1 Å². The van der Waals surface area contributed by atoms with Crippen LogP contribution in [-0.2, 0) is 21.5 Å². The molecule has 0 radical (unpaired) electrons. The smallest absolute Gasteiger partial charge is 0.255 e. The Bertz CT molecular complexity index is 880. The normalized spacial score (nSPS) is 27.1. The molecule has 2 amide bonds. The lowest BCUT2D eigenvalue weighted by Gasteiger charge is -2.51. The van der Waals surface area contributed by atoms with Crippen molar-refractivity contribution in [2.24, 2.45) is 0 Å². The van der Waals surface area contributed by atoms with Gasteiger partial charge in [-0.25, -0.2) is 0 Å². The van der Waals surface area contributed by atoms with Crippen LogP contribution in [0.5, 0.6) is 0 Å². The van der Waals surface area contributed by atoms with Gasteiger partial charge < -0.3 is 14.8 Å². The molecule has 5 rings (SSSR count). The molecule has 1 atom stereocenters. The van der Waals surface area contributed by atoms with Crippen LogP contribution in [0, 0.1) is 0 Å². The number of H-pyrrole nitrogens is 1. The third kappa shape index (κ3) is 1.89. The zero-order valence-electron chi connectivity index (χ0n) is 14.5. The van der Waals surface area contributed by atoms with Gasteiger partial charge >= 0.3 is 0 Å². The van der Waals surface area contributed by atoms with Gasteiger partial charge in [-0.3, -0.25) is 9.59 Å². The summed E-state index contributed by atoms with van der Waals surface area (Å²) in [5, 5.41) is 1.18. The molecule has 5 heteroatoms. The van der Waals surface area contributed by atoms with Crippen molar-refractivity contribution < 1.29 is 9.59 Å². The summed E-state index contributed by atoms with van der Waals surface area (Å²) in [6.45, 7) is 2.80. The minimum atomic E-state index is -0.898. The number of nitrogens with one attached hydrogen (secondary N) is 1.